The molecule has 2 saturated heterocycles. The minimum Gasteiger partial charge on any atom is -0.353 e. The highest BCUT2D eigenvalue weighted by Crippen LogP contribution is 2.32. The first-order valence-corrected chi connectivity index (χ1v) is 14.3. The molecule has 0 atom stereocenters. The Labute approximate surface area is 243 Å². The molecule has 0 saturated carbocycles. The van der Waals surface area contributed by atoms with Crippen LogP contribution in [0.4, 0.5) is 14.6 Å². The van der Waals surface area contributed by atoms with Gasteiger partial charge in [-0.25, -0.2) is 13.8 Å². The van der Waals surface area contributed by atoms with Gasteiger partial charge in [0.2, 0.25) is 0 Å². The van der Waals surface area contributed by atoms with E-state index in [-0.39, 0.29) is 18.0 Å². The molecule has 6 nitrogen and oxygen atoms in total. The molecule has 2 fully saturated rings. The number of hydrogen-bond acceptors (Lipinski definition) is 5. The summed E-state index contributed by atoms with van der Waals surface area (Å²) in [5, 5.41) is 3.88. The van der Waals surface area contributed by atoms with Crippen LogP contribution >= 0.6 is 23.2 Å². The van der Waals surface area contributed by atoms with Gasteiger partial charge in [-0.3, -0.25) is 14.6 Å². The van der Waals surface area contributed by atoms with Crippen LogP contribution in [0.1, 0.15) is 41.3 Å². The lowest BCUT2D eigenvalue weighted by Crippen LogP contribution is -2.59. The van der Waals surface area contributed by atoms with E-state index in [2.05, 4.69) is 44.1 Å². The summed E-state index contributed by atoms with van der Waals surface area (Å²) >= 11 is 12.6. The summed E-state index contributed by atoms with van der Waals surface area (Å²) in [6.45, 7) is 8.96. The van der Waals surface area contributed by atoms with Gasteiger partial charge in [0.05, 0.1) is 10.6 Å². The second-order valence-electron chi connectivity index (χ2n) is 10.8. The van der Waals surface area contributed by atoms with Crippen molar-refractivity contribution in [1.82, 2.24) is 20.1 Å². The van der Waals surface area contributed by atoms with Gasteiger partial charge >= 0.3 is 0 Å². The third-order valence-electron chi connectivity index (χ3n) is 8.12. The molecule has 1 amide bonds. The lowest BCUT2D eigenvalue weighted by molar-refractivity contribution is 0.0278. The number of halogens is 4. The molecule has 1 aromatic heterocycles. The summed E-state index contributed by atoms with van der Waals surface area (Å²) in [4.78, 5) is 24.4. The molecule has 3 heterocycles. The Morgan fingerprint density at radius 3 is 2.25 bits per heavy atom. The van der Waals surface area contributed by atoms with Gasteiger partial charge in [0.15, 0.2) is 11.6 Å². The van der Waals surface area contributed by atoms with Crippen molar-refractivity contribution in [2.24, 2.45) is 0 Å². The average molecular weight is 589 g/mol. The van der Waals surface area contributed by atoms with Crippen molar-refractivity contribution < 1.29 is 13.6 Å². The molecule has 10 heteroatoms. The summed E-state index contributed by atoms with van der Waals surface area (Å²) in [5.41, 5.74) is 2.22. The summed E-state index contributed by atoms with van der Waals surface area (Å²) in [7, 11) is 0. The molecule has 0 radical (unpaired) electrons. The zero-order valence-corrected chi connectivity index (χ0v) is 24.0. The summed E-state index contributed by atoms with van der Waals surface area (Å²) in [5.74, 6) is -1.59. The highest BCUT2D eigenvalue weighted by atomic mass is 35.5. The maximum absolute atomic E-state index is 13.4. The number of carbonyl (C=O) groups excluding carboxylic acids is 1. The highest BCUT2D eigenvalue weighted by molar-refractivity contribution is 6.33. The largest absolute Gasteiger partial charge is 0.353 e. The molecule has 3 aromatic rings. The fourth-order valence-corrected chi connectivity index (χ4v) is 5.95. The van der Waals surface area contributed by atoms with E-state index in [1.807, 2.05) is 12.1 Å². The lowest BCUT2D eigenvalue weighted by atomic mass is 9.87. The van der Waals surface area contributed by atoms with Crippen molar-refractivity contribution in [2.45, 2.75) is 38.4 Å². The van der Waals surface area contributed by atoms with Crippen LogP contribution in [-0.2, 0) is 13.1 Å². The van der Waals surface area contributed by atoms with Gasteiger partial charge in [0, 0.05) is 69.1 Å². The number of carbonyl (C=O) groups is 1. The molecule has 2 aliphatic rings. The molecule has 0 bridgehead atoms. The molecule has 212 valence electrons. The highest BCUT2D eigenvalue weighted by Gasteiger charge is 2.37. The number of nitrogens with one attached hydrogen (secondary N) is 1. The summed E-state index contributed by atoms with van der Waals surface area (Å²) in [6.07, 6.45) is 3.74. The molecule has 1 N–H and O–H groups in total. The third-order valence-corrected chi connectivity index (χ3v) is 8.65. The van der Waals surface area contributed by atoms with Crippen molar-refractivity contribution in [3.8, 4) is 0 Å². The summed E-state index contributed by atoms with van der Waals surface area (Å²) in [6, 6.07) is 13.2. The van der Waals surface area contributed by atoms with E-state index in [9.17, 15) is 13.6 Å². The van der Waals surface area contributed by atoms with Gasteiger partial charge in [-0.1, -0.05) is 41.4 Å². The van der Waals surface area contributed by atoms with Crippen LogP contribution in [0.5, 0.6) is 0 Å². The Balaban J connectivity index is 1.11. The van der Waals surface area contributed by atoms with Crippen molar-refractivity contribution in [3.63, 3.8) is 0 Å². The van der Waals surface area contributed by atoms with E-state index in [1.54, 1.807) is 6.07 Å². The monoisotopic (exact) mass is 587 g/mol. The van der Waals surface area contributed by atoms with Crippen molar-refractivity contribution in [1.29, 1.82) is 0 Å². The maximum atomic E-state index is 13.4. The van der Waals surface area contributed by atoms with E-state index in [1.165, 1.54) is 17.8 Å². The normalized spacial score (nSPS) is 18.1. The van der Waals surface area contributed by atoms with E-state index >= 15 is 0 Å². The van der Waals surface area contributed by atoms with Crippen LogP contribution in [0.25, 0.3) is 0 Å². The number of anilines is 1. The van der Waals surface area contributed by atoms with E-state index in [0.717, 1.165) is 75.8 Å². The second kappa shape index (κ2) is 12.4. The lowest BCUT2D eigenvalue weighted by Gasteiger charge is -2.50. The van der Waals surface area contributed by atoms with Crippen molar-refractivity contribution >= 4 is 34.9 Å². The Hall–Kier alpha value is -2.78. The Morgan fingerprint density at radius 2 is 1.60 bits per heavy atom. The first-order chi connectivity index (χ1) is 19.2. The number of likely N-dealkylation sites (tertiary alicyclic amines) is 1. The number of nitrogens with zero attached hydrogens (tertiary/aromatic N) is 4. The van der Waals surface area contributed by atoms with E-state index in [4.69, 9.17) is 23.2 Å². The van der Waals surface area contributed by atoms with Crippen LogP contribution in [0.15, 0.2) is 54.7 Å². The van der Waals surface area contributed by atoms with Crippen LogP contribution in [0.2, 0.25) is 10.0 Å². The third kappa shape index (κ3) is 6.74. The minimum absolute atomic E-state index is 0.0645. The first-order valence-electron chi connectivity index (χ1n) is 13.5. The Morgan fingerprint density at radius 1 is 0.925 bits per heavy atom. The number of rotatable bonds is 7. The van der Waals surface area contributed by atoms with Crippen molar-refractivity contribution in [2.75, 3.05) is 44.2 Å². The van der Waals surface area contributed by atoms with Crippen LogP contribution in [0, 0.1) is 11.6 Å². The molecule has 40 heavy (non-hydrogen) atoms. The minimum atomic E-state index is -0.950. The maximum Gasteiger partial charge on any atom is 0.253 e. The van der Waals surface area contributed by atoms with Crippen LogP contribution < -0.4 is 10.2 Å². The number of aromatic nitrogens is 1. The van der Waals surface area contributed by atoms with Crippen LogP contribution in [0.3, 0.4) is 0 Å². The summed E-state index contributed by atoms with van der Waals surface area (Å²) < 4.78 is 26.6. The fourth-order valence-electron chi connectivity index (χ4n) is 5.54. The molecule has 5 rings (SSSR count). The molecule has 2 aromatic carbocycles. The number of hydrogen-bond donors (Lipinski definition) is 1. The SMILES string of the molecule is CC1(N2CCN(c3ncc(C(=O)NCc4ccc(F)c(F)c4)cc3Cl)CC2)CCN(Cc2ccc(Cl)cc2)CC1. The topological polar surface area (TPSA) is 51.7 Å². The van der Waals surface area contributed by atoms with Gasteiger partial charge in [-0.2, -0.15) is 0 Å². The molecule has 0 unspecified atom stereocenters. The van der Waals surface area contributed by atoms with Gasteiger partial charge < -0.3 is 10.2 Å². The number of piperazine rings is 1. The number of amides is 1. The zero-order chi connectivity index (χ0) is 28.3. The number of piperidine rings is 1. The first kappa shape index (κ1) is 28.7. The predicted octanol–water partition coefficient (Wildman–Crippen LogP) is 5.77. The Bertz CT molecular complexity index is 1340. The molecule has 0 spiro atoms. The van der Waals surface area contributed by atoms with E-state index in [0.29, 0.717) is 22.0 Å². The quantitative estimate of drug-likeness (QED) is 0.380. The van der Waals surface area contributed by atoms with Crippen molar-refractivity contribution in [3.05, 3.63) is 93.1 Å². The number of pyridine rings is 1. The predicted molar refractivity (Wildman–Crippen MR) is 155 cm³/mol. The molecular formula is C30H33Cl2F2N5O. The van der Waals surface area contributed by atoms with Gasteiger partial charge in [-0.05, 0) is 61.2 Å². The van der Waals surface area contributed by atoms with E-state index < -0.39 is 11.6 Å². The zero-order valence-electron chi connectivity index (χ0n) is 22.5. The smallest absolute Gasteiger partial charge is 0.253 e. The second-order valence-corrected chi connectivity index (χ2v) is 11.7. The van der Waals surface area contributed by atoms with Crippen LogP contribution in [-0.4, -0.2) is 65.5 Å². The van der Waals surface area contributed by atoms with Gasteiger partial charge in [-0.15, -0.1) is 0 Å². The Kier molecular flexibility index (Phi) is 8.90. The van der Waals surface area contributed by atoms with Gasteiger partial charge in [0.1, 0.15) is 5.82 Å². The molecular weight excluding hydrogens is 555 g/mol. The molecule has 0 aliphatic carbocycles. The molecule has 2 aliphatic heterocycles. The fraction of sp³-hybridized carbons (Fsp3) is 0.400. The van der Waals surface area contributed by atoms with Gasteiger partial charge in [0.25, 0.3) is 5.91 Å². The average Bonchev–Trinajstić information content (AvgIpc) is 2.96. The number of benzene rings is 2. The standard InChI is InChI=1S/C30H33Cl2F2N5O/c1-30(8-10-37(11-9-30)20-21-2-5-24(31)6-3-21)39-14-12-38(13-15-39)28-25(32)17-23(19-35-28)29(40)36-18-22-4-7-26(33)27(34)16-22/h2-7,16-17,19H,8-15,18,20H2,1H3,(H,36,40).